The predicted molar refractivity (Wildman–Crippen MR) is 279 cm³/mol. The minimum absolute atomic E-state index is 0.0117. The Labute approximate surface area is 438 Å². The molecule has 17 nitrogen and oxygen atoms in total. The monoisotopic (exact) mass is 1050 g/mol. The number of carbonyl (C=O) groups excluding carboxylic acids is 5. The molecule has 390 valence electrons. The molecule has 5 N–H and O–H groups in total. The number of ether oxygens (including phenoxy) is 1. The second kappa shape index (κ2) is 23.7. The molecule has 0 spiro atoms. The molecule has 74 heavy (non-hydrogen) atoms. The number of aliphatic hydroxyl groups is 1. The Kier molecular flexibility index (Phi) is 17.2. The van der Waals surface area contributed by atoms with Gasteiger partial charge in [-0.2, -0.15) is 0 Å². The summed E-state index contributed by atoms with van der Waals surface area (Å²) >= 11 is 2.75. The fraction of sp³-hybridized carbons (Fsp3) is 0.426. The summed E-state index contributed by atoms with van der Waals surface area (Å²) in [6.45, 7) is 13.7. The van der Waals surface area contributed by atoms with Gasteiger partial charge in [0.1, 0.15) is 36.3 Å². The number of aromatic nitrogens is 2. The van der Waals surface area contributed by atoms with Gasteiger partial charge in [-0.15, -0.1) is 22.7 Å². The number of anilines is 1. The van der Waals surface area contributed by atoms with Crippen molar-refractivity contribution in [3.05, 3.63) is 117 Å². The van der Waals surface area contributed by atoms with E-state index in [1.165, 1.54) is 27.3 Å². The van der Waals surface area contributed by atoms with Crippen LogP contribution in [-0.2, 0) is 30.5 Å². The summed E-state index contributed by atoms with van der Waals surface area (Å²) in [6.07, 6.45) is 1.48. The second-order valence-corrected chi connectivity index (χ2v) is 21.7. The minimum Gasteiger partial charge on any atom is -0.508 e. The number of aliphatic hydroxyl groups excluding tert-OH is 1. The molecule has 3 aliphatic heterocycles. The summed E-state index contributed by atoms with van der Waals surface area (Å²) in [5.41, 5.74) is 5.39. The summed E-state index contributed by atoms with van der Waals surface area (Å²) in [5, 5.41) is 32.1. The number of thiazole rings is 2. The van der Waals surface area contributed by atoms with Gasteiger partial charge in [0, 0.05) is 81.5 Å². The van der Waals surface area contributed by atoms with Crippen LogP contribution in [0.4, 0.5) is 9.52 Å². The molecule has 3 aliphatic rings. The number of hydrogen-bond donors (Lipinski definition) is 5. The fourth-order valence-corrected chi connectivity index (χ4v) is 10.9. The molecule has 2 aromatic heterocycles. The lowest BCUT2D eigenvalue weighted by Crippen LogP contribution is -2.59. The van der Waals surface area contributed by atoms with Gasteiger partial charge in [-0.05, 0) is 66.6 Å². The molecule has 1 unspecified atom stereocenters. The Hall–Kier alpha value is -6.60. The van der Waals surface area contributed by atoms with Gasteiger partial charge in [0.2, 0.25) is 17.7 Å². The number of halogens is 1. The van der Waals surface area contributed by atoms with Gasteiger partial charge in [0.05, 0.1) is 40.3 Å². The van der Waals surface area contributed by atoms with E-state index in [-0.39, 0.29) is 61.8 Å². The average Bonchev–Trinajstić information content (AvgIpc) is 4.20. The first-order valence-electron chi connectivity index (χ1n) is 24.7. The van der Waals surface area contributed by atoms with Crippen molar-refractivity contribution in [3.8, 4) is 28.0 Å². The van der Waals surface area contributed by atoms with Crippen molar-refractivity contribution in [2.45, 2.75) is 84.3 Å². The van der Waals surface area contributed by atoms with Crippen LogP contribution in [-0.4, -0.2) is 147 Å². The first kappa shape index (κ1) is 53.7. The quantitative estimate of drug-likeness (QED) is 0.0578. The first-order valence-corrected chi connectivity index (χ1v) is 26.4. The molecule has 2 fully saturated rings. The number of rotatable bonds is 17. The third-order valence-corrected chi connectivity index (χ3v) is 15.2. The number of amides is 5. The van der Waals surface area contributed by atoms with E-state index < -0.39 is 53.2 Å². The highest BCUT2D eigenvalue weighted by Crippen LogP contribution is 2.38. The van der Waals surface area contributed by atoms with Crippen molar-refractivity contribution in [1.82, 2.24) is 40.2 Å². The minimum atomic E-state index is -1.36. The van der Waals surface area contributed by atoms with E-state index in [4.69, 9.17) is 4.74 Å². The summed E-state index contributed by atoms with van der Waals surface area (Å²) < 4.78 is 20.3. The number of piperazine rings is 1. The number of fused-ring (bicyclic) bond motifs is 1. The topological polar surface area (TPSA) is 210 Å². The third-order valence-electron chi connectivity index (χ3n) is 13.5. The summed E-state index contributed by atoms with van der Waals surface area (Å²) in [5.74, 6) is 2.84. The van der Waals surface area contributed by atoms with Crippen LogP contribution in [0.3, 0.4) is 0 Å². The van der Waals surface area contributed by atoms with Crippen LogP contribution in [0, 0.1) is 30.0 Å². The maximum atomic E-state index is 14.5. The molecular weight excluding hydrogens is 986 g/mol. The zero-order chi connectivity index (χ0) is 52.7. The molecule has 8 rings (SSSR count). The molecule has 0 aliphatic carbocycles. The lowest BCUT2D eigenvalue weighted by atomic mass is 9.85. The van der Waals surface area contributed by atoms with Gasteiger partial charge in [-0.25, -0.2) is 14.4 Å². The van der Waals surface area contributed by atoms with Crippen LogP contribution < -0.4 is 16.0 Å². The van der Waals surface area contributed by atoms with Gasteiger partial charge in [0.25, 0.3) is 11.8 Å². The van der Waals surface area contributed by atoms with Crippen LogP contribution in [0.15, 0.2) is 77.8 Å². The van der Waals surface area contributed by atoms with Gasteiger partial charge in [0.15, 0.2) is 5.13 Å². The number of aromatic hydroxyl groups is 1. The van der Waals surface area contributed by atoms with Crippen molar-refractivity contribution in [1.29, 1.82) is 0 Å². The van der Waals surface area contributed by atoms with Crippen LogP contribution in [0.5, 0.6) is 5.75 Å². The number of likely N-dealkylation sites (tertiary alicyclic amines) is 1. The van der Waals surface area contributed by atoms with Crippen molar-refractivity contribution < 1.29 is 43.3 Å². The molecule has 5 amide bonds. The standard InChI is InChI=1S/C54H62FN9O8S2/c1-33(35-12-14-37(15-13-35)47-34(2)57-32-74-47)58-49(68)42-28-40(65)30-63(42)52(71)48(54(3,4)5)59-44(67)31-62-22-20-61(21-23-62)19-8-25-72-24-7-11-36-9-6-10-38-29-64(51(70)45(36)38)46(41-27-39(55)16-17-43(41)66)50(69)60-53-56-18-26-73-53/h6,9-10,12-18,26-27,32-33,40,42,46,48,65-66H,8,19-25,28-31H2,1-5H3,(H,58,68)(H,59,67)(H,56,60,69)/t33-,40-,42+,46?,48+/m0/s1. The Balaban J connectivity index is 0.771. The SMILES string of the molecule is Cc1ncsc1-c1ccc([C@H](C)NC(=O)[C@H]2C[C@H](O)CN2C(=O)[C@@H](NC(=O)CN2CCN(CCCOCC#Cc3cccc4c3C(=O)N(C(C(=O)Nc3nccs3)c3cc(F)ccc3O)C4)CC2)C(C)(C)C)cc1. The molecule has 0 saturated carbocycles. The number of hydrogen-bond acceptors (Lipinski definition) is 14. The van der Waals surface area contributed by atoms with Crippen LogP contribution in [0.25, 0.3) is 10.4 Å². The Morgan fingerprint density at radius 3 is 2.45 bits per heavy atom. The zero-order valence-electron chi connectivity index (χ0n) is 42.1. The van der Waals surface area contributed by atoms with Crippen molar-refractivity contribution in [3.63, 3.8) is 0 Å². The van der Waals surface area contributed by atoms with Crippen LogP contribution in [0.2, 0.25) is 0 Å². The van der Waals surface area contributed by atoms with Gasteiger partial charge >= 0.3 is 0 Å². The molecule has 20 heteroatoms. The van der Waals surface area contributed by atoms with Gasteiger partial charge in [-0.1, -0.05) is 69.0 Å². The van der Waals surface area contributed by atoms with E-state index in [0.29, 0.717) is 41.5 Å². The van der Waals surface area contributed by atoms with Crippen molar-refractivity contribution in [2.24, 2.45) is 5.41 Å². The lowest BCUT2D eigenvalue weighted by Gasteiger charge is -2.37. The lowest BCUT2D eigenvalue weighted by molar-refractivity contribution is -0.144. The Morgan fingerprint density at radius 1 is 0.986 bits per heavy atom. The molecule has 5 aromatic rings. The van der Waals surface area contributed by atoms with Crippen molar-refractivity contribution in [2.75, 3.05) is 64.3 Å². The van der Waals surface area contributed by atoms with Crippen LogP contribution in [0.1, 0.15) is 90.9 Å². The molecule has 0 radical (unpaired) electrons. The predicted octanol–water partition coefficient (Wildman–Crippen LogP) is 5.50. The Bertz CT molecular complexity index is 2890. The first-order chi connectivity index (χ1) is 35.4. The second-order valence-electron chi connectivity index (χ2n) is 19.9. The average molecular weight is 1050 g/mol. The molecular formula is C54H62FN9O8S2. The number of phenolic OH excluding ortho intramolecular Hbond substituents is 1. The van der Waals surface area contributed by atoms with E-state index in [0.717, 1.165) is 66.0 Å². The third kappa shape index (κ3) is 12.8. The highest BCUT2D eigenvalue weighted by molar-refractivity contribution is 7.14. The molecule has 0 bridgehead atoms. The van der Waals surface area contributed by atoms with Crippen LogP contribution >= 0.6 is 22.7 Å². The normalized spacial score (nSPS) is 18.3. The molecule has 5 atom stereocenters. The smallest absolute Gasteiger partial charge is 0.256 e. The molecule has 2 saturated heterocycles. The molecule has 5 heterocycles. The van der Waals surface area contributed by atoms with Gasteiger partial charge < -0.3 is 40.3 Å². The van der Waals surface area contributed by atoms with E-state index in [9.17, 15) is 38.6 Å². The highest BCUT2D eigenvalue weighted by atomic mass is 32.1. The number of aryl methyl sites for hydroxylation is 1. The number of benzene rings is 3. The Morgan fingerprint density at radius 2 is 1.74 bits per heavy atom. The number of carbonyl (C=O) groups is 5. The maximum Gasteiger partial charge on any atom is 0.256 e. The van der Waals surface area contributed by atoms with E-state index in [1.54, 1.807) is 34.9 Å². The summed E-state index contributed by atoms with van der Waals surface area (Å²) in [6, 6.07) is 12.9. The van der Waals surface area contributed by atoms with Gasteiger partial charge in [-0.3, -0.25) is 34.2 Å². The molecule has 3 aromatic carbocycles. The number of nitrogens with zero attached hydrogens (tertiary/aromatic N) is 6. The largest absolute Gasteiger partial charge is 0.508 e. The van der Waals surface area contributed by atoms with E-state index >= 15 is 0 Å². The van der Waals surface area contributed by atoms with E-state index in [1.807, 2.05) is 64.4 Å². The summed E-state index contributed by atoms with van der Waals surface area (Å²) in [7, 11) is 0. The fourth-order valence-electron chi connectivity index (χ4n) is 9.59. The summed E-state index contributed by atoms with van der Waals surface area (Å²) in [4.78, 5) is 85.8. The number of nitrogens with one attached hydrogen (secondary N) is 3. The highest BCUT2D eigenvalue weighted by Gasteiger charge is 2.45. The number of β-amino-alcohol motifs (C(OH)–C–C–N with tert-alkyl or cyclic N) is 1. The van der Waals surface area contributed by atoms with E-state index in [2.05, 4.69) is 47.6 Å². The zero-order valence-corrected chi connectivity index (χ0v) is 43.7. The number of phenols is 1. The van der Waals surface area contributed by atoms with Crippen molar-refractivity contribution >= 4 is 57.3 Å². The maximum absolute atomic E-state index is 14.5.